The molecule has 0 saturated carbocycles. The summed E-state index contributed by atoms with van der Waals surface area (Å²) in [7, 11) is 0. The maximum absolute atomic E-state index is 13.2. The van der Waals surface area contributed by atoms with Crippen molar-refractivity contribution in [3.05, 3.63) is 28.5 Å². The summed E-state index contributed by atoms with van der Waals surface area (Å²) < 4.78 is 13.2. The highest BCUT2D eigenvalue weighted by Crippen LogP contribution is 2.23. The number of halogens is 2. The minimum Gasteiger partial charge on any atom is -0.396 e. The Labute approximate surface area is 97.8 Å². The number of nitrogen functional groups attached to an aromatic ring is 1. The van der Waals surface area contributed by atoms with Gasteiger partial charge in [0, 0.05) is 12.5 Å². The van der Waals surface area contributed by atoms with Gasteiger partial charge in [0.1, 0.15) is 0 Å². The smallest absolute Gasteiger partial charge is 0.217 e. The molecule has 0 unspecified atom stereocenters. The van der Waals surface area contributed by atoms with E-state index in [9.17, 15) is 9.18 Å². The van der Waals surface area contributed by atoms with E-state index in [0.29, 0.717) is 5.56 Å². The second-order valence-corrected chi connectivity index (χ2v) is 3.42. The largest absolute Gasteiger partial charge is 0.396 e. The summed E-state index contributed by atoms with van der Waals surface area (Å²) in [6.45, 7) is 1.58. The van der Waals surface area contributed by atoms with Gasteiger partial charge in [-0.25, -0.2) is 4.39 Å². The molecule has 5 heteroatoms. The van der Waals surface area contributed by atoms with Gasteiger partial charge in [0.25, 0.3) is 0 Å². The fourth-order valence-corrected chi connectivity index (χ4v) is 1.19. The molecule has 0 aliphatic rings. The molecule has 3 nitrogen and oxygen atoms in total. The Morgan fingerprint density at radius 1 is 1.62 bits per heavy atom. The first-order chi connectivity index (χ1) is 7.52. The fraction of sp³-hybridized carbons (Fsp3) is 0.182. The molecule has 1 amide bonds. The van der Waals surface area contributed by atoms with Crippen molar-refractivity contribution in [1.82, 2.24) is 5.32 Å². The summed E-state index contributed by atoms with van der Waals surface area (Å²) in [5.74, 6) is 4.44. The third-order valence-electron chi connectivity index (χ3n) is 1.76. The summed E-state index contributed by atoms with van der Waals surface area (Å²) in [4.78, 5) is 10.5. The molecule has 0 bridgehead atoms. The molecule has 0 aliphatic carbocycles. The van der Waals surface area contributed by atoms with Gasteiger partial charge in [-0.2, -0.15) is 0 Å². The molecule has 0 fully saturated rings. The van der Waals surface area contributed by atoms with E-state index in [1.54, 1.807) is 0 Å². The minimum atomic E-state index is -0.673. The lowest BCUT2D eigenvalue weighted by molar-refractivity contribution is -0.118. The van der Waals surface area contributed by atoms with Gasteiger partial charge in [0.2, 0.25) is 5.91 Å². The Kier molecular flexibility index (Phi) is 4.15. The normalized spacial score (nSPS) is 9.19. The van der Waals surface area contributed by atoms with Crippen LogP contribution in [-0.2, 0) is 4.79 Å². The van der Waals surface area contributed by atoms with Gasteiger partial charge in [0.15, 0.2) is 5.82 Å². The number of rotatable bonds is 1. The van der Waals surface area contributed by atoms with Crippen LogP contribution in [0.25, 0.3) is 0 Å². The molecule has 1 aromatic rings. The second kappa shape index (κ2) is 5.38. The van der Waals surface area contributed by atoms with E-state index in [1.165, 1.54) is 19.1 Å². The molecule has 1 rings (SSSR count). The van der Waals surface area contributed by atoms with Crippen molar-refractivity contribution in [2.45, 2.75) is 6.92 Å². The molecule has 3 N–H and O–H groups in total. The maximum atomic E-state index is 13.2. The summed E-state index contributed by atoms with van der Waals surface area (Å²) >= 11 is 5.70. The monoisotopic (exact) mass is 240 g/mol. The van der Waals surface area contributed by atoms with E-state index in [1.807, 2.05) is 0 Å². The van der Waals surface area contributed by atoms with Gasteiger partial charge in [0.05, 0.1) is 17.3 Å². The maximum Gasteiger partial charge on any atom is 0.217 e. The number of carbonyl (C=O) groups is 1. The molecule has 16 heavy (non-hydrogen) atoms. The van der Waals surface area contributed by atoms with Gasteiger partial charge in [-0.3, -0.25) is 4.79 Å². The molecule has 0 spiro atoms. The average molecular weight is 241 g/mol. The third-order valence-corrected chi connectivity index (χ3v) is 2.13. The molecule has 0 saturated heterocycles. The van der Waals surface area contributed by atoms with Crippen molar-refractivity contribution < 1.29 is 9.18 Å². The Hall–Kier alpha value is -1.73. The molecule has 84 valence electrons. The van der Waals surface area contributed by atoms with Gasteiger partial charge in [-0.05, 0) is 12.1 Å². The summed E-state index contributed by atoms with van der Waals surface area (Å²) in [5, 5.41) is 2.39. The van der Waals surface area contributed by atoms with Gasteiger partial charge in [-0.15, -0.1) is 0 Å². The fourth-order valence-electron chi connectivity index (χ4n) is 0.969. The summed E-state index contributed by atoms with van der Waals surface area (Å²) in [6, 6.07) is 2.92. The highest BCUT2D eigenvalue weighted by molar-refractivity contribution is 6.32. The number of carbonyl (C=O) groups excluding carboxylic acids is 1. The van der Waals surface area contributed by atoms with Crippen molar-refractivity contribution in [3.63, 3.8) is 0 Å². The van der Waals surface area contributed by atoms with Crippen LogP contribution in [0.1, 0.15) is 12.5 Å². The predicted molar refractivity (Wildman–Crippen MR) is 61.4 cm³/mol. The first kappa shape index (κ1) is 12.3. The van der Waals surface area contributed by atoms with E-state index < -0.39 is 5.82 Å². The lowest BCUT2D eigenvalue weighted by atomic mass is 10.2. The van der Waals surface area contributed by atoms with Crippen LogP contribution in [-0.4, -0.2) is 12.5 Å². The Balaban J connectivity index is 2.82. The van der Waals surface area contributed by atoms with E-state index in [0.717, 1.165) is 0 Å². The Morgan fingerprint density at radius 2 is 2.31 bits per heavy atom. The van der Waals surface area contributed by atoms with Crippen LogP contribution < -0.4 is 11.1 Å². The number of hydrogen-bond acceptors (Lipinski definition) is 2. The van der Waals surface area contributed by atoms with Gasteiger partial charge < -0.3 is 11.1 Å². The van der Waals surface area contributed by atoms with Gasteiger partial charge >= 0.3 is 0 Å². The second-order valence-electron chi connectivity index (χ2n) is 3.04. The number of hydrogen-bond donors (Lipinski definition) is 2. The Bertz CT molecular complexity index is 477. The molecule has 0 aromatic heterocycles. The topological polar surface area (TPSA) is 55.1 Å². The van der Waals surface area contributed by atoms with Crippen molar-refractivity contribution in [1.29, 1.82) is 0 Å². The van der Waals surface area contributed by atoms with E-state index in [2.05, 4.69) is 17.2 Å². The van der Waals surface area contributed by atoms with E-state index in [-0.39, 0.29) is 23.2 Å². The van der Waals surface area contributed by atoms with Crippen molar-refractivity contribution >= 4 is 23.2 Å². The first-order valence-electron chi connectivity index (χ1n) is 4.49. The zero-order chi connectivity index (χ0) is 12.1. The lowest BCUT2D eigenvalue weighted by Gasteiger charge is -2.00. The molecule has 0 radical (unpaired) electrons. The minimum absolute atomic E-state index is 0.0163. The number of amides is 1. The van der Waals surface area contributed by atoms with Crippen LogP contribution in [0, 0.1) is 17.7 Å². The molecule has 0 heterocycles. The standard InChI is InChI=1S/C11H10ClFN2O/c1-7(16)15-6-2-3-8-4-5-9(14)11(13)10(8)12/h4-5H,6,14H2,1H3,(H,15,16). The lowest BCUT2D eigenvalue weighted by Crippen LogP contribution is -2.19. The number of benzene rings is 1. The zero-order valence-corrected chi connectivity index (χ0v) is 9.36. The molecular formula is C11H10ClFN2O. The van der Waals surface area contributed by atoms with Crippen LogP contribution in [0.3, 0.4) is 0 Å². The zero-order valence-electron chi connectivity index (χ0n) is 8.60. The first-order valence-corrected chi connectivity index (χ1v) is 4.87. The SMILES string of the molecule is CC(=O)NCC#Cc1ccc(N)c(F)c1Cl. The van der Waals surface area contributed by atoms with Crippen LogP contribution in [0.4, 0.5) is 10.1 Å². The van der Waals surface area contributed by atoms with Crippen LogP contribution in [0.2, 0.25) is 5.02 Å². The summed E-state index contributed by atoms with van der Waals surface area (Å²) in [6.07, 6.45) is 0. The van der Waals surface area contributed by atoms with E-state index in [4.69, 9.17) is 17.3 Å². The highest BCUT2D eigenvalue weighted by atomic mass is 35.5. The molecule has 0 aliphatic heterocycles. The van der Waals surface area contributed by atoms with Crippen molar-refractivity contribution in [2.75, 3.05) is 12.3 Å². The van der Waals surface area contributed by atoms with E-state index >= 15 is 0 Å². The van der Waals surface area contributed by atoms with Gasteiger partial charge in [-0.1, -0.05) is 23.4 Å². The van der Waals surface area contributed by atoms with Crippen LogP contribution in [0.15, 0.2) is 12.1 Å². The molecule has 0 atom stereocenters. The summed E-state index contributed by atoms with van der Waals surface area (Å²) in [5.41, 5.74) is 5.65. The molecule has 1 aromatic carbocycles. The highest BCUT2D eigenvalue weighted by Gasteiger charge is 2.07. The average Bonchev–Trinajstić information content (AvgIpc) is 2.23. The third kappa shape index (κ3) is 3.14. The number of anilines is 1. The number of nitrogens with two attached hydrogens (primary N) is 1. The Morgan fingerprint density at radius 3 is 2.94 bits per heavy atom. The predicted octanol–water partition coefficient (Wildman–Crippen LogP) is 1.55. The number of nitrogens with one attached hydrogen (secondary N) is 1. The van der Waals surface area contributed by atoms with Crippen molar-refractivity contribution in [2.24, 2.45) is 0 Å². The molecular weight excluding hydrogens is 231 g/mol. The van der Waals surface area contributed by atoms with Crippen LogP contribution in [0.5, 0.6) is 0 Å². The quantitative estimate of drug-likeness (QED) is 0.578. The van der Waals surface area contributed by atoms with Crippen LogP contribution >= 0.6 is 11.6 Å². The van der Waals surface area contributed by atoms with Crippen molar-refractivity contribution in [3.8, 4) is 11.8 Å².